The van der Waals surface area contributed by atoms with Crippen LogP contribution in [0.15, 0.2) is 194 Å². The molecule has 27 heteroatoms. The lowest BCUT2D eigenvalue weighted by Crippen LogP contribution is -2.38. The highest BCUT2D eigenvalue weighted by Gasteiger charge is 2.48. The van der Waals surface area contributed by atoms with Crippen molar-refractivity contribution in [3.8, 4) is 11.5 Å². The molecule has 2 unspecified atom stereocenters. The Labute approximate surface area is 530 Å². The highest BCUT2D eigenvalue weighted by molar-refractivity contribution is 8.67. The minimum Gasteiger partial charge on any atom is -0.497 e. The van der Waals surface area contributed by atoms with Crippen LogP contribution in [0.2, 0.25) is 5.02 Å². The Balaban J connectivity index is 0.966. The van der Waals surface area contributed by atoms with Crippen LogP contribution in [0, 0.1) is 0 Å². The zero-order chi connectivity index (χ0) is 61.4. The third kappa shape index (κ3) is 14.8. The van der Waals surface area contributed by atoms with Crippen LogP contribution in [0.3, 0.4) is 0 Å². The number of carbonyl (C=O) groups excluding carboxylic acids is 2. The zero-order valence-electron chi connectivity index (χ0n) is 47.0. The van der Waals surface area contributed by atoms with Crippen LogP contribution in [0.25, 0.3) is 11.2 Å². The number of halogens is 1. The van der Waals surface area contributed by atoms with Gasteiger partial charge in [0.2, 0.25) is 11.4 Å². The first-order chi connectivity index (χ1) is 42.6. The maximum absolute atomic E-state index is 13.9. The van der Waals surface area contributed by atoms with Gasteiger partial charge < -0.3 is 52.8 Å². The van der Waals surface area contributed by atoms with Crippen molar-refractivity contribution in [3.63, 3.8) is 0 Å². The third-order valence-electron chi connectivity index (χ3n) is 14.6. The van der Waals surface area contributed by atoms with Crippen LogP contribution < -0.4 is 25.8 Å². The molecule has 9 aromatic rings. The molecule has 2 aliphatic heterocycles. The monoisotopic (exact) mass is 1320 g/mol. The molecule has 5 heterocycles. The summed E-state index contributed by atoms with van der Waals surface area (Å²) < 4.78 is 55.7. The number of nitrogens with zero attached hydrogens (tertiary/aromatic N) is 6. The molecule has 8 atom stereocenters. The standard InChI is InChI=1S/C61H57ClN8O12P2S4/c1-75-46-26-20-43(21-27-46)61(42-16-10-5-11-17-42,44-22-28-47(76-2)29-23-44)77-34-50-48(33-54(79-50)70-38-65-55-56(63-37-64-57(55)70)68-59(72)41-14-8-4-9-15-41)81-84(87,88-36-39-18-24-45(62)25-19-39)82-49-32-53(80-51(49)35-78-83(74,85)86)69-31-30-52(67-60(69)73)66-58(71)40-12-6-3-7-13-40/h3-31,37-38,48-51,53-54H,32-36H2,1-2H3,(H2,74,85,86)(H,63,64,68,72)(H,66,67,71,73)/t48-,49-,50+,51+,53+,54+,84?/m0/s1. The number of aromatic nitrogens is 6. The van der Waals surface area contributed by atoms with Gasteiger partial charge in [-0.2, -0.15) is 4.98 Å². The molecule has 88 heavy (non-hydrogen) atoms. The molecule has 0 bridgehead atoms. The smallest absolute Gasteiger partial charge is 0.351 e. The van der Waals surface area contributed by atoms with Crippen LogP contribution in [0.4, 0.5) is 11.6 Å². The van der Waals surface area contributed by atoms with Gasteiger partial charge in [-0.1, -0.05) is 138 Å². The number of imidazole rings is 1. The number of benzene rings is 6. The molecular weight excluding hydrogens is 1260 g/mol. The van der Waals surface area contributed by atoms with Crippen LogP contribution in [-0.4, -0.2) is 97.6 Å². The van der Waals surface area contributed by atoms with Gasteiger partial charge in [-0.05, 0) is 113 Å². The summed E-state index contributed by atoms with van der Waals surface area (Å²) in [4.78, 5) is 69.0. The average molecular weight is 1320 g/mol. The number of amides is 2. The number of carbonyl (C=O) groups is 2. The maximum Gasteiger partial charge on any atom is 0.351 e. The van der Waals surface area contributed by atoms with E-state index in [0.29, 0.717) is 44.6 Å². The Morgan fingerprint density at radius 2 is 1.24 bits per heavy atom. The predicted octanol–water partition coefficient (Wildman–Crippen LogP) is 11.9. The number of hydrogen-bond acceptors (Lipinski definition) is 18. The number of nitrogens with one attached hydrogen (secondary N) is 2. The Bertz CT molecular complexity index is 4010. The largest absolute Gasteiger partial charge is 0.497 e. The van der Waals surface area contributed by atoms with Gasteiger partial charge in [-0.25, -0.2) is 19.7 Å². The van der Waals surface area contributed by atoms with Gasteiger partial charge in [0.15, 0.2) is 17.0 Å². The molecule has 0 spiro atoms. The van der Waals surface area contributed by atoms with Crippen LogP contribution in [0.1, 0.15) is 68.3 Å². The fourth-order valence-corrected chi connectivity index (χ4v) is 16.0. The van der Waals surface area contributed by atoms with E-state index in [0.717, 1.165) is 22.3 Å². The van der Waals surface area contributed by atoms with E-state index in [1.165, 1.54) is 34.5 Å². The van der Waals surface area contributed by atoms with Crippen molar-refractivity contribution in [2.24, 2.45) is 0 Å². The van der Waals surface area contributed by atoms with E-state index >= 15 is 0 Å². The van der Waals surface area contributed by atoms with E-state index in [4.69, 9.17) is 77.5 Å². The summed E-state index contributed by atoms with van der Waals surface area (Å²) in [6, 6.07) is 51.2. The Hall–Kier alpha value is -6.70. The van der Waals surface area contributed by atoms with Crippen LogP contribution in [0.5, 0.6) is 11.5 Å². The number of thiol groups is 1. The van der Waals surface area contributed by atoms with Crippen molar-refractivity contribution in [2.45, 2.75) is 61.1 Å². The van der Waals surface area contributed by atoms with Gasteiger partial charge >= 0.3 is 5.69 Å². The van der Waals surface area contributed by atoms with Crippen molar-refractivity contribution in [2.75, 3.05) is 38.1 Å². The van der Waals surface area contributed by atoms with E-state index in [1.54, 1.807) is 91.8 Å². The van der Waals surface area contributed by atoms with E-state index in [-0.39, 0.29) is 43.6 Å². The highest BCUT2D eigenvalue weighted by Crippen LogP contribution is 2.66. The van der Waals surface area contributed by atoms with Crippen LogP contribution in [-0.2, 0) is 62.7 Å². The fraction of sp³-hybridized carbons (Fsp3) is 0.230. The first-order valence-corrected chi connectivity index (χ1v) is 35.8. The number of rotatable bonds is 24. The number of fused-ring (bicyclic) bond motifs is 1. The SMILES string of the molecule is COc1ccc(C(OC[C@H]2O[C@@H](n3cnc4c(NC(=O)c5ccccc5)ncnc43)C[C@@H]2OP(=S)(O[C@H]2C[C@H](n3ccc(NC(=O)c4ccccc4)nc3=O)O[C@@H]2COP(O)(=S)S)SCc2ccc(Cl)cc2)(c2ccccc2)c2ccc(OC)cc2)cc1. The van der Waals surface area contributed by atoms with E-state index < -0.39 is 65.5 Å². The molecule has 2 saturated heterocycles. The Morgan fingerprint density at radius 3 is 1.80 bits per heavy atom. The van der Waals surface area contributed by atoms with Gasteiger partial charge in [0.05, 0.1) is 46.0 Å². The molecule has 2 amide bonds. The van der Waals surface area contributed by atoms with Gasteiger partial charge in [0.25, 0.3) is 11.8 Å². The lowest BCUT2D eigenvalue weighted by atomic mass is 9.80. The first kappa shape index (κ1) is 62.9. The van der Waals surface area contributed by atoms with Crippen molar-refractivity contribution >= 4 is 105 Å². The van der Waals surface area contributed by atoms with Gasteiger partial charge in [0, 0.05) is 40.9 Å². The molecule has 3 aromatic heterocycles. The number of methoxy groups -OCH3 is 2. The Kier molecular flexibility index (Phi) is 20.0. The second-order valence-electron chi connectivity index (χ2n) is 20.2. The first-order valence-electron chi connectivity index (χ1n) is 27.4. The quantitative estimate of drug-likeness (QED) is 0.0250. The topological polar surface area (TPSA) is 231 Å². The lowest BCUT2D eigenvalue weighted by molar-refractivity contribution is -0.0906. The molecule has 454 valence electrons. The van der Waals surface area contributed by atoms with Gasteiger partial charge in [0.1, 0.15) is 53.9 Å². The zero-order valence-corrected chi connectivity index (χ0v) is 52.9. The third-order valence-corrected chi connectivity index (χ3v) is 21.1. The minimum atomic E-state index is -3.71. The predicted molar refractivity (Wildman–Crippen MR) is 346 cm³/mol. The summed E-state index contributed by atoms with van der Waals surface area (Å²) in [5.74, 6) is 0.949. The van der Waals surface area contributed by atoms with Crippen molar-refractivity contribution in [1.82, 2.24) is 29.1 Å². The molecule has 11 rings (SSSR count). The maximum atomic E-state index is 13.9. The lowest BCUT2D eigenvalue weighted by Gasteiger charge is -2.37. The molecule has 2 fully saturated rings. The molecule has 6 aromatic carbocycles. The van der Waals surface area contributed by atoms with E-state index in [2.05, 4.69) is 37.8 Å². The fourth-order valence-electron chi connectivity index (χ4n) is 10.3. The highest BCUT2D eigenvalue weighted by atomic mass is 35.5. The molecule has 0 radical (unpaired) electrons. The number of hydrogen-bond donors (Lipinski definition) is 4. The number of anilines is 2. The summed E-state index contributed by atoms with van der Waals surface area (Å²) in [6.07, 6.45) is -1.11. The number of ether oxygens (including phenoxy) is 5. The second kappa shape index (κ2) is 28.0. The molecule has 0 saturated carbocycles. The van der Waals surface area contributed by atoms with E-state index in [1.807, 2.05) is 97.1 Å². The van der Waals surface area contributed by atoms with Crippen molar-refractivity contribution in [1.29, 1.82) is 0 Å². The van der Waals surface area contributed by atoms with E-state index in [9.17, 15) is 19.3 Å². The van der Waals surface area contributed by atoms with Crippen LogP contribution >= 0.6 is 46.6 Å². The molecule has 20 nitrogen and oxygen atoms in total. The van der Waals surface area contributed by atoms with Crippen molar-refractivity contribution < 1.29 is 51.7 Å². The summed E-state index contributed by atoms with van der Waals surface area (Å²) >= 11 is 23.7. The summed E-state index contributed by atoms with van der Waals surface area (Å²) in [6.45, 7) is -0.424. The Morgan fingerprint density at radius 1 is 0.705 bits per heavy atom. The van der Waals surface area contributed by atoms with Gasteiger partial charge in [-0.3, -0.25) is 18.7 Å². The molecule has 3 N–H and O–H groups in total. The normalized spacial score (nSPS) is 19.8. The van der Waals surface area contributed by atoms with Gasteiger partial charge in [-0.15, -0.1) is 0 Å². The summed E-state index contributed by atoms with van der Waals surface area (Å²) in [7, 11) is 3.21. The summed E-state index contributed by atoms with van der Waals surface area (Å²) in [5, 5.41) is 6.10. The average Bonchev–Trinajstić information content (AvgIpc) is 3.05. The summed E-state index contributed by atoms with van der Waals surface area (Å²) in [5.41, 5.74) is -4.66. The van der Waals surface area contributed by atoms with Crippen molar-refractivity contribution in [3.05, 3.63) is 238 Å². The minimum absolute atomic E-state index is 0.0129. The molecular formula is C61H57ClN8O12P2S4. The molecule has 2 aliphatic rings. The molecule has 0 aliphatic carbocycles. The second-order valence-corrected chi connectivity index (χ2v) is 32.0.